The van der Waals surface area contributed by atoms with Gasteiger partial charge in [-0.25, -0.2) is 4.79 Å². The van der Waals surface area contributed by atoms with Gasteiger partial charge in [-0.15, -0.1) is 0 Å². The Labute approximate surface area is 159 Å². The molecule has 5 heteroatoms. The van der Waals surface area contributed by atoms with Gasteiger partial charge >= 0.3 is 5.97 Å². The van der Waals surface area contributed by atoms with E-state index in [1.807, 2.05) is 6.07 Å². The SMILES string of the molecule is CCOC(=O)[C@]1(NC(=O)c2ccccc2)C(=O)[C@@H]2C[C@H]1[C@H]1CC(C)(C)C[C@H]12. The zero-order valence-electron chi connectivity index (χ0n) is 16.2. The van der Waals surface area contributed by atoms with Crippen molar-refractivity contribution >= 4 is 17.7 Å². The first-order valence-electron chi connectivity index (χ1n) is 9.89. The van der Waals surface area contributed by atoms with Crippen LogP contribution in [0.25, 0.3) is 0 Å². The summed E-state index contributed by atoms with van der Waals surface area (Å²) >= 11 is 0. The molecule has 144 valence electrons. The van der Waals surface area contributed by atoms with Crippen molar-refractivity contribution in [2.24, 2.45) is 29.1 Å². The lowest BCUT2D eigenvalue weighted by Crippen LogP contribution is -2.66. The minimum Gasteiger partial charge on any atom is -0.464 e. The summed E-state index contributed by atoms with van der Waals surface area (Å²) in [4.78, 5) is 39.3. The van der Waals surface area contributed by atoms with Gasteiger partial charge in [-0.05, 0) is 55.6 Å². The molecule has 1 N–H and O–H groups in total. The number of nitrogens with one attached hydrogen (secondary N) is 1. The molecule has 4 rings (SSSR count). The molecule has 3 aliphatic carbocycles. The van der Waals surface area contributed by atoms with Crippen molar-refractivity contribution in [2.45, 2.75) is 45.6 Å². The number of carbonyl (C=O) groups is 3. The second kappa shape index (κ2) is 6.18. The number of carbonyl (C=O) groups excluding carboxylic acids is 3. The van der Waals surface area contributed by atoms with Crippen LogP contribution in [0.4, 0.5) is 0 Å². The first-order valence-corrected chi connectivity index (χ1v) is 9.89. The predicted molar refractivity (Wildman–Crippen MR) is 99.9 cm³/mol. The van der Waals surface area contributed by atoms with Gasteiger partial charge in [0.1, 0.15) is 0 Å². The van der Waals surface area contributed by atoms with Gasteiger partial charge in [0, 0.05) is 17.4 Å². The van der Waals surface area contributed by atoms with Crippen LogP contribution in [0.1, 0.15) is 50.4 Å². The van der Waals surface area contributed by atoms with Crippen molar-refractivity contribution in [3.63, 3.8) is 0 Å². The van der Waals surface area contributed by atoms with Crippen molar-refractivity contribution in [2.75, 3.05) is 6.61 Å². The highest BCUT2D eigenvalue weighted by Crippen LogP contribution is 2.64. The zero-order chi connectivity index (χ0) is 19.4. The Morgan fingerprint density at radius 3 is 2.48 bits per heavy atom. The van der Waals surface area contributed by atoms with Crippen LogP contribution in [0.5, 0.6) is 0 Å². The van der Waals surface area contributed by atoms with Gasteiger partial charge in [0.2, 0.25) is 5.54 Å². The molecule has 0 spiro atoms. The van der Waals surface area contributed by atoms with Gasteiger partial charge in [0.05, 0.1) is 6.61 Å². The second-order valence-electron chi connectivity index (χ2n) is 9.06. The molecule has 0 radical (unpaired) electrons. The minimum absolute atomic E-state index is 0.144. The predicted octanol–water partition coefficient (Wildman–Crippen LogP) is 2.99. The molecule has 0 aliphatic heterocycles. The Balaban J connectivity index is 1.71. The number of ketones is 1. The van der Waals surface area contributed by atoms with Gasteiger partial charge in [0.25, 0.3) is 5.91 Å². The molecule has 3 fully saturated rings. The number of benzene rings is 1. The van der Waals surface area contributed by atoms with E-state index in [2.05, 4.69) is 19.2 Å². The lowest BCUT2D eigenvalue weighted by molar-refractivity contribution is -0.159. The molecular weight excluding hydrogens is 342 g/mol. The Bertz CT molecular complexity index is 787. The summed E-state index contributed by atoms with van der Waals surface area (Å²) in [5.41, 5.74) is -0.921. The third-order valence-electron chi connectivity index (χ3n) is 6.89. The molecular formula is C22H27NO4. The van der Waals surface area contributed by atoms with Crippen LogP contribution in [0.15, 0.2) is 30.3 Å². The summed E-state index contributed by atoms with van der Waals surface area (Å²) in [6.45, 7) is 6.36. The summed E-state index contributed by atoms with van der Waals surface area (Å²) in [6.07, 6.45) is 2.67. The van der Waals surface area contributed by atoms with Gasteiger partial charge in [-0.3, -0.25) is 9.59 Å². The van der Waals surface area contributed by atoms with E-state index in [1.165, 1.54) is 0 Å². The van der Waals surface area contributed by atoms with Crippen LogP contribution in [-0.4, -0.2) is 29.8 Å². The Kier molecular flexibility index (Phi) is 4.17. The van der Waals surface area contributed by atoms with Crippen molar-refractivity contribution in [1.29, 1.82) is 0 Å². The number of rotatable bonds is 4. The van der Waals surface area contributed by atoms with Crippen LogP contribution in [0.3, 0.4) is 0 Å². The maximum Gasteiger partial charge on any atom is 0.340 e. The van der Waals surface area contributed by atoms with E-state index in [4.69, 9.17) is 4.74 Å². The maximum atomic E-state index is 13.4. The normalized spacial score (nSPS) is 35.7. The minimum atomic E-state index is -1.53. The first-order chi connectivity index (χ1) is 12.8. The molecule has 1 aromatic rings. The second-order valence-corrected chi connectivity index (χ2v) is 9.06. The van der Waals surface area contributed by atoms with Gasteiger partial charge in [-0.1, -0.05) is 32.0 Å². The number of ether oxygens (including phenoxy) is 1. The van der Waals surface area contributed by atoms with E-state index < -0.39 is 17.4 Å². The van der Waals surface area contributed by atoms with Crippen LogP contribution in [0.2, 0.25) is 0 Å². The Morgan fingerprint density at radius 1 is 1.15 bits per heavy atom. The number of fused-ring (bicyclic) bond motifs is 5. The van der Waals surface area contributed by atoms with E-state index in [-0.39, 0.29) is 35.6 Å². The van der Waals surface area contributed by atoms with Crippen LogP contribution in [-0.2, 0) is 14.3 Å². The molecule has 0 saturated heterocycles. The molecule has 0 aromatic heterocycles. The van der Waals surface area contributed by atoms with E-state index in [0.29, 0.717) is 17.9 Å². The molecule has 5 atom stereocenters. The van der Waals surface area contributed by atoms with Crippen molar-refractivity contribution < 1.29 is 19.1 Å². The van der Waals surface area contributed by atoms with Gasteiger partial charge in [-0.2, -0.15) is 0 Å². The summed E-state index contributed by atoms with van der Waals surface area (Å²) < 4.78 is 5.31. The summed E-state index contributed by atoms with van der Waals surface area (Å²) in [6, 6.07) is 8.74. The number of hydrogen-bond donors (Lipinski definition) is 1. The number of Topliss-reactive ketones (excluding diaryl/α,β-unsaturated/α-hetero) is 1. The fourth-order valence-electron chi connectivity index (χ4n) is 5.98. The van der Waals surface area contributed by atoms with E-state index in [9.17, 15) is 14.4 Å². The van der Waals surface area contributed by atoms with Crippen molar-refractivity contribution in [1.82, 2.24) is 5.32 Å². The molecule has 0 unspecified atom stereocenters. The molecule has 5 nitrogen and oxygen atoms in total. The van der Waals surface area contributed by atoms with Crippen LogP contribution in [0, 0.1) is 29.1 Å². The Morgan fingerprint density at radius 2 is 1.81 bits per heavy atom. The van der Waals surface area contributed by atoms with Gasteiger partial charge < -0.3 is 10.1 Å². The number of amides is 1. The maximum absolute atomic E-state index is 13.4. The molecule has 27 heavy (non-hydrogen) atoms. The van der Waals surface area contributed by atoms with E-state index >= 15 is 0 Å². The topological polar surface area (TPSA) is 72.5 Å². The fourth-order valence-corrected chi connectivity index (χ4v) is 5.98. The number of hydrogen-bond acceptors (Lipinski definition) is 4. The highest BCUT2D eigenvalue weighted by atomic mass is 16.5. The average molecular weight is 369 g/mol. The molecule has 3 saturated carbocycles. The smallest absolute Gasteiger partial charge is 0.340 e. The van der Waals surface area contributed by atoms with Crippen LogP contribution >= 0.6 is 0 Å². The summed E-state index contributed by atoms with van der Waals surface area (Å²) in [7, 11) is 0. The fraction of sp³-hybridized carbons (Fsp3) is 0.591. The highest BCUT2D eigenvalue weighted by Gasteiger charge is 2.72. The number of esters is 1. The first kappa shape index (κ1) is 18.2. The molecule has 2 bridgehead atoms. The average Bonchev–Trinajstić information content (AvgIpc) is 3.22. The summed E-state index contributed by atoms with van der Waals surface area (Å²) in [5.74, 6) is -0.838. The monoisotopic (exact) mass is 369 g/mol. The van der Waals surface area contributed by atoms with E-state index in [1.54, 1.807) is 31.2 Å². The Hall–Kier alpha value is -2.17. The third kappa shape index (κ3) is 2.62. The quantitative estimate of drug-likeness (QED) is 0.654. The molecule has 1 amide bonds. The molecule has 1 aromatic carbocycles. The highest BCUT2D eigenvalue weighted by molar-refractivity contribution is 6.16. The standard InChI is InChI=1S/C22H27NO4/c1-4-27-20(26)22(23-19(25)13-8-6-5-7-9-13)17-10-14(18(22)24)15-11-21(2,3)12-16(15)17/h5-9,14-17H,4,10-12H2,1-3H3,(H,23,25)/t14-,15+,16+,17+,22-/m1/s1. The summed E-state index contributed by atoms with van der Waals surface area (Å²) in [5, 5.41) is 2.85. The zero-order valence-corrected chi connectivity index (χ0v) is 16.2. The van der Waals surface area contributed by atoms with Crippen molar-refractivity contribution in [3.05, 3.63) is 35.9 Å². The van der Waals surface area contributed by atoms with Gasteiger partial charge in [0.15, 0.2) is 5.78 Å². The molecule has 0 heterocycles. The largest absolute Gasteiger partial charge is 0.464 e. The lowest BCUT2D eigenvalue weighted by atomic mass is 9.69. The van der Waals surface area contributed by atoms with Crippen molar-refractivity contribution in [3.8, 4) is 0 Å². The molecule has 3 aliphatic rings. The lowest BCUT2D eigenvalue weighted by Gasteiger charge is -2.39. The van der Waals surface area contributed by atoms with E-state index in [0.717, 1.165) is 12.8 Å². The van der Waals surface area contributed by atoms with Crippen LogP contribution < -0.4 is 5.32 Å². The third-order valence-corrected chi connectivity index (χ3v) is 6.89.